The first-order valence-electron chi connectivity index (χ1n) is 5.39. The second-order valence-corrected chi connectivity index (χ2v) is 5.14. The first kappa shape index (κ1) is 10.4. The molecule has 17 heavy (non-hydrogen) atoms. The molecule has 1 aromatic carbocycles. The van der Waals surface area contributed by atoms with Crippen molar-refractivity contribution in [1.29, 1.82) is 0 Å². The van der Waals surface area contributed by atoms with E-state index in [1.165, 1.54) is 4.70 Å². The molecular formula is C13H11N3S. The third kappa shape index (κ3) is 1.91. The largest absolute Gasteiger partial charge is 0.242 e. The van der Waals surface area contributed by atoms with Crippen LogP contribution in [0.3, 0.4) is 0 Å². The summed E-state index contributed by atoms with van der Waals surface area (Å²) in [4.78, 5) is 13.0. The maximum Gasteiger partial charge on any atom is 0.125 e. The standard InChI is InChI=1S/C13H11N3S/c1-8-14-6-5-11(15-8)10-3-4-13-12(7-10)16-9(2)17-13/h3-7H,1-2H3. The minimum Gasteiger partial charge on any atom is -0.242 e. The number of hydrogen-bond donors (Lipinski definition) is 0. The Morgan fingerprint density at radius 2 is 1.94 bits per heavy atom. The lowest BCUT2D eigenvalue weighted by Gasteiger charge is -2.00. The average molecular weight is 241 g/mol. The van der Waals surface area contributed by atoms with Gasteiger partial charge in [0.1, 0.15) is 5.82 Å². The molecule has 0 amide bonds. The topological polar surface area (TPSA) is 38.7 Å². The zero-order chi connectivity index (χ0) is 11.8. The van der Waals surface area contributed by atoms with Crippen LogP contribution in [-0.2, 0) is 0 Å². The maximum absolute atomic E-state index is 4.50. The number of fused-ring (bicyclic) bond motifs is 1. The van der Waals surface area contributed by atoms with Gasteiger partial charge in [0.05, 0.1) is 20.9 Å². The van der Waals surface area contributed by atoms with Crippen molar-refractivity contribution in [1.82, 2.24) is 15.0 Å². The molecule has 3 rings (SSSR count). The molecule has 0 saturated heterocycles. The molecule has 0 unspecified atom stereocenters. The van der Waals surface area contributed by atoms with E-state index in [1.54, 1.807) is 17.5 Å². The summed E-state index contributed by atoms with van der Waals surface area (Å²) in [7, 11) is 0. The Morgan fingerprint density at radius 3 is 2.76 bits per heavy atom. The van der Waals surface area contributed by atoms with Crippen LogP contribution in [-0.4, -0.2) is 15.0 Å². The fourth-order valence-electron chi connectivity index (χ4n) is 1.82. The normalized spacial score (nSPS) is 10.9. The Labute approximate surface area is 103 Å². The highest BCUT2D eigenvalue weighted by molar-refractivity contribution is 7.18. The van der Waals surface area contributed by atoms with E-state index in [2.05, 4.69) is 33.2 Å². The van der Waals surface area contributed by atoms with Crippen LogP contribution in [0.2, 0.25) is 0 Å². The van der Waals surface area contributed by atoms with Crippen LogP contribution in [0.1, 0.15) is 10.8 Å². The van der Waals surface area contributed by atoms with Gasteiger partial charge < -0.3 is 0 Å². The Bertz CT molecular complexity index is 688. The van der Waals surface area contributed by atoms with Gasteiger partial charge in [-0.25, -0.2) is 15.0 Å². The number of thiazole rings is 1. The van der Waals surface area contributed by atoms with Crippen LogP contribution in [0.25, 0.3) is 21.5 Å². The lowest BCUT2D eigenvalue weighted by molar-refractivity contribution is 1.06. The quantitative estimate of drug-likeness (QED) is 0.655. The van der Waals surface area contributed by atoms with Gasteiger partial charge in [-0.1, -0.05) is 6.07 Å². The minimum atomic E-state index is 0.789. The lowest BCUT2D eigenvalue weighted by Crippen LogP contribution is -1.89. The third-order valence-electron chi connectivity index (χ3n) is 2.57. The monoisotopic (exact) mass is 241 g/mol. The van der Waals surface area contributed by atoms with Crippen molar-refractivity contribution >= 4 is 21.6 Å². The van der Waals surface area contributed by atoms with Gasteiger partial charge in [-0.2, -0.15) is 0 Å². The predicted octanol–water partition coefficient (Wildman–Crippen LogP) is 3.37. The summed E-state index contributed by atoms with van der Waals surface area (Å²) in [5, 5.41) is 1.09. The van der Waals surface area contributed by atoms with Gasteiger partial charge in [0.15, 0.2) is 0 Å². The molecular weight excluding hydrogens is 230 g/mol. The average Bonchev–Trinajstić information content (AvgIpc) is 2.68. The van der Waals surface area contributed by atoms with Crippen molar-refractivity contribution < 1.29 is 0 Å². The number of hydrogen-bond acceptors (Lipinski definition) is 4. The molecule has 2 aromatic heterocycles. The van der Waals surface area contributed by atoms with Crippen molar-refractivity contribution in [2.75, 3.05) is 0 Å². The van der Waals surface area contributed by atoms with Gasteiger partial charge in [0.25, 0.3) is 0 Å². The molecule has 0 spiro atoms. The number of aromatic nitrogens is 3. The molecule has 0 atom stereocenters. The second-order valence-electron chi connectivity index (χ2n) is 3.90. The molecule has 84 valence electrons. The van der Waals surface area contributed by atoms with Gasteiger partial charge in [-0.05, 0) is 32.0 Å². The summed E-state index contributed by atoms with van der Waals surface area (Å²) in [6.07, 6.45) is 1.79. The van der Waals surface area contributed by atoms with Crippen LogP contribution < -0.4 is 0 Å². The van der Waals surface area contributed by atoms with E-state index < -0.39 is 0 Å². The van der Waals surface area contributed by atoms with E-state index in [9.17, 15) is 0 Å². The van der Waals surface area contributed by atoms with E-state index in [-0.39, 0.29) is 0 Å². The SMILES string of the molecule is Cc1nccc(-c2ccc3sc(C)nc3c2)n1. The third-order valence-corrected chi connectivity index (χ3v) is 3.52. The highest BCUT2D eigenvalue weighted by atomic mass is 32.1. The Hall–Kier alpha value is -1.81. The Morgan fingerprint density at radius 1 is 1.06 bits per heavy atom. The zero-order valence-corrected chi connectivity index (χ0v) is 10.5. The summed E-state index contributed by atoms with van der Waals surface area (Å²) >= 11 is 1.72. The van der Waals surface area contributed by atoms with Crippen molar-refractivity contribution in [3.8, 4) is 11.3 Å². The highest BCUT2D eigenvalue weighted by Crippen LogP contribution is 2.26. The first-order valence-corrected chi connectivity index (χ1v) is 6.21. The van der Waals surface area contributed by atoms with Gasteiger partial charge in [-0.3, -0.25) is 0 Å². The van der Waals surface area contributed by atoms with Crippen LogP contribution in [0, 0.1) is 13.8 Å². The molecule has 0 bridgehead atoms. The number of aryl methyl sites for hydroxylation is 2. The van der Waals surface area contributed by atoms with Crippen molar-refractivity contribution in [3.05, 3.63) is 41.3 Å². The van der Waals surface area contributed by atoms with Crippen LogP contribution in [0.5, 0.6) is 0 Å². The summed E-state index contributed by atoms with van der Waals surface area (Å²) < 4.78 is 1.22. The molecule has 0 fully saturated rings. The fourth-order valence-corrected chi connectivity index (χ4v) is 2.63. The highest BCUT2D eigenvalue weighted by Gasteiger charge is 2.04. The first-order chi connectivity index (χ1) is 8.22. The van der Waals surface area contributed by atoms with E-state index in [1.807, 2.05) is 19.9 Å². The Kier molecular flexibility index (Phi) is 2.37. The van der Waals surface area contributed by atoms with Gasteiger partial charge >= 0.3 is 0 Å². The van der Waals surface area contributed by atoms with Gasteiger partial charge in [-0.15, -0.1) is 11.3 Å². The molecule has 3 nitrogen and oxygen atoms in total. The van der Waals surface area contributed by atoms with Crippen molar-refractivity contribution in [2.24, 2.45) is 0 Å². The van der Waals surface area contributed by atoms with Crippen molar-refractivity contribution in [2.45, 2.75) is 13.8 Å². The minimum absolute atomic E-state index is 0.789. The molecule has 3 aromatic rings. The number of benzene rings is 1. The summed E-state index contributed by atoms with van der Waals surface area (Å²) in [6, 6.07) is 8.20. The molecule has 0 radical (unpaired) electrons. The second kappa shape index (κ2) is 3.89. The Balaban J connectivity index is 2.17. The molecule has 0 N–H and O–H groups in total. The van der Waals surface area contributed by atoms with E-state index in [4.69, 9.17) is 0 Å². The molecule has 0 aliphatic heterocycles. The maximum atomic E-state index is 4.50. The molecule has 0 aliphatic rings. The zero-order valence-electron chi connectivity index (χ0n) is 9.64. The van der Waals surface area contributed by atoms with Gasteiger partial charge in [0.2, 0.25) is 0 Å². The molecule has 0 saturated carbocycles. The van der Waals surface area contributed by atoms with E-state index >= 15 is 0 Å². The van der Waals surface area contributed by atoms with Crippen LogP contribution in [0.4, 0.5) is 0 Å². The fraction of sp³-hybridized carbons (Fsp3) is 0.154. The summed E-state index contributed by atoms with van der Waals surface area (Å²) in [6.45, 7) is 3.92. The lowest BCUT2D eigenvalue weighted by atomic mass is 10.1. The van der Waals surface area contributed by atoms with E-state index in [0.29, 0.717) is 0 Å². The molecule has 2 heterocycles. The molecule has 4 heteroatoms. The summed E-state index contributed by atoms with van der Waals surface area (Å²) in [5.41, 5.74) is 3.08. The van der Waals surface area contributed by atoms with Crippen LogP contribution in [0.15, 0.2) is 30.5 Å². The van der Waals surface area contributed by atoms with Crippen molar-refractivity contribution in [3.63, 3.8) is 0 Å². The summed E-state index contributed by atoms with van der Waals surface area (Å²) in [5.74, 6) is 0.789. The predicted molar refractivity (Wildman–Crippen MR) is 70.1 cm³/mol. The van der Waals surface area contributed by atoms with Gasteiger partial charge in [0, 0.05) is 11.8 Å². The number of rotatable bonds is 1. The van der Waals surface area contributed by atoms with Crippen LogP contribution >= 0.6 is 11.3 Å². The van der Waals surface area contributed by atoms with E-state index in [0.717, 1.165) is 27.6 Å². The molecule has 0 aliphatic carbocycles. The smallest absolute Gasteiger partial charge is 0.125 e. The number of nitrogens with zero attached hydrogens (tertiary/aromatic N) is 3.